The van der Waals surface area contributed by atoms with E-state index >= 15 is 0 Å². The van der Waals surface area contributed by atoms with Crippen molar-refractivity contribution in [2.24, 2.45) is 0 Å². The van der Waals surface area contributed by atoms with E-state index in [2.05, 4.69) is 17.6 Å². The fraction of sp³-hybridized carbons (Fsp3) is 0.714. The Hall–Kier alpha value is 0.740. The Morgan fingerprint density at radius 3 is 2.64 bits per heavy atom. The first kappa shape index (κ1) is 31.8. The molecular formula is C21H37I2N2O6S2-. The van der Waals surface area contributed by atoms with Gasteiger partial charge in [0.25, 0.3) is 0 Å². The van der Waals surface area contributed by atoms with Crippen molar-refractivity contribution in [1.29, 1.82) is 0 Å². The molecule has 0 aromatic heterocycles. The van der Waals surface area contributed by atoms with Gasteiger partial charge >= 0.3 is 228 Å². The molecule has 8 nitrogen and oxygen atoms in total. The number of aliphatic hydroxyl groups excluding tert-OH is 2. The van der Waals surface area contributed by atoms with E-state index in [9.17, 15) is 19.0 Å². The third-order valence-corrected chi connectivity index (χ3v) is 12.8. The van der Waals surface area contributed by atoms with Crippen LogP contribution in [0.5, 0.6) is 0 Å². The van der Waals surface area contributed by atoms with E-state index in [1.807, 2.05) is 20.8 Å². The molecule has 33 heavy (non-hydrogen) atoms. The molecule has 0 fully saturated rings. The van der Waals surface area contributed by atoms with Gasteiger partial charge in [0.15, 0.2) is 0 Å². The standard InChI is InChI=1S/C21H38I2N2O6S2/c1-6-8-31-23(16(4)14(2)10-19(22)33(28)29)21(27)25-20(32-15(3)7-9-30-5)13-24-12-17-11-18(17)26/h10,15,20-21,24-27H,6-9,11-13H2,1-5H3,(H,28,29)/p-1. The first-order valence-electron chi connectivity index (χ1n) is 10.8. The molecule has 194 valence electrons. The van der Waals surface area contributed by atoms with Crippen LogP contribution >= 0.6 is 54.6 Å². The van der Waals surface area contributed by atoms with Gasteiger partial charge in [0.1, 0.15) is 0 Å². The fourth-order valence-corrected chi connectivity index (χ4v) is 9.15. The molecule has 0 aliphatic heterocycles. The Balaban J connectivity index is 2.94. The summed E-state index contributed by atoms with van der Waals surface area (Å²) in [6, 6.07) is 0. The van der Waals surface area contributed by atoms with Crippen molar-refractivity contribution in [2.45, 2.75) is 61.8 Å². The molecule has 12 heteroatoms. The molecule has 1 aliphatic rings. The quantitative estimate of drug-likeness (QED) is 0.0405. The Morgan fingerprint density at radius 2 is 2.09 bits per heavy atom. The number of allylic oxidation sites excluding steroid dienone is 4. The van der Waals surface area contributed by atoms with Crippen LogP contribution in [0.2, 0.25) is 0 Å². The Bertz CT molecular complexity index is 736. The SMILES string of the molecule is CCCOI(C(C)=C(C)C=C(I)S(=O)[O-])C(O)NC(CNCC1=C(O)C1)SC(C)CCOC. The van der Waals surface area contributed by atoms with Gasteiger partial charge in [0, 0.05) is 0 Å². The second-order valence-corrected chi connectivity index (χ2v) is 17.0. The van der Waals surface area contributed by atoms with Crippen LogP contribution in [0, 0.1) is 0 Å². The number of hydrogen-bond donors (Lipinski definition) is 4. The third-order valence-electron chi connectivity index (χ3n) is 4.68. The zero-order valence-electron chi connectivity index (χ0n) is 19.9. The number of halogens is 2. The predicted molar refractivity (Wildman–Crippen MR) is 153 cm³/mol. The van der Waals surface area contributed by atoms with E-state index in [4.69, 9.17) is 7.80 Å². The molecule has 0 saturated carbocycles. The Labute approximate surface area is 226 Å². The monoisotopic (exact) mass is 731 g/mol. The molecule has 4 atom stereocenters. The Kier molecular flexibility index (Phi) is 16.6. The molecule has 0 heterocycles. The molecule has 4 N–H and O–H groups in total. The normalized spacial score (nSPS) is 19.2. The maximum atomic E-state index is 11.2. The molecule has 0 spiro atoms. The number of nitrogens with one attached hydrogen (secondary N) is 2. The van der Waals surface area contributed by atoms with Gasteiger partial charge in [-0.2, -0.15) is 0 Å². The summed E-state index contributed by atoms with van der Waals surface area (Å²) in [5.41, 5.74) is 1.83. The van der Waals surface area contributed by atoms with Gasteiger partial charge in [-0.15, -0.1) is 0 Å². The molecule has 0 radical (unpaired) electrons. The predicted octanol–water partition coefficient (Wildman–Crippen LogP) is 4.44. The number of alkyl halides is 1. The van der Waals surface area contributed by atoms with Crippen molar-refractivity contribution < 1.29 is 26.8 Å². The van der Waals surface area contributed by atoms with E-state index in [-0.39, 0.29) is 8.29 Å². The van der Waals surface area contributed by atoms with Crippen LogP contribution in [0.3, 0.4) is 0 Å². The van der Waals surface area contributed by atoms with E-state index in [0.717, 1.165) is 27.6 Å². The van der Waals surface area contributed by atoms with Gasteiger partial charge in [0.05, 0.1) is 0 Å². The van der Waals surface area contributed by atoms with Crippen LogP contribution in [0.1, 0.15) is 47.0 Å². The van der Waals surface area contributed by atoms with Crippen molar-refractivity contribution in [2.75, 3.05) is 33.4 Å². The van der Waals surface area contributed by atoms with Gasteiger partial charge in [-0.3, -0.25) is 0 Å². The van der Waals surface area contributed by atoms with Gasteiger partial charge < -0.3 is 0 Å². The molecule has 4 unspecified atom stereocenters. The van der Waals surface area contributed by atoms with Crippen molar-refractivity contribution in [3.05, 3.63) is 29.5 Å². The molecule has 0 bridgehead atoms. The molecular weight excluding hydrogens is 694 g/mol. The summed E-state index contributed by atoms with van der Waals surface area (Å²) in [7, 11) is 1.69. The molecule has 0 aromatic carbocycles. The van der Waals surface area contributed by atoms with Gasteiger partial charge in [0.2, 0.25) is 0 Å². The molecule has 0 aromatic rings. The second-order valence-electron chi connectivity index (χ2n) is 7.57. The zero-order chi connectivity index (χ0) is 25.0. The number of aliphatic hydroxyl groups is 2. The van der Waals surface area contributed by atoms with Gasteiger partial charge in [-0.1, -0.05) is 0 Å². The van der Waals surface area contributed by atoms with Crippen molar-refractivity contribution in [3.63, 3.8) is 0 Å². The van der Waals surface area contributed by atoms with E-state index in [1.54, 1.807) is 47.5 Å². The average Bonchev–Trinajstić information content (AvgIpc) is 3.46. The summed E-state index contributed by atoms with van der Waals surface area (Å²) >= 11 is -1.28. The van der Waals surface area contributed by atoms with Crippen LogP contribution in [0.4, 0.5) is 0 Å². The second kappa shape index (κ2) is 17.2. The Morgan fingerprint density at radius 1 is 1.42 bits per heavy atom. The average molecular weight is 731 g/mol. The van der Waals surface area contributed by atoms with Gasteiger partial charge in [-0.05, 0) is 0 Å². The topological polar surface area (TPSA) is 123 Å². The minimum atomic E-state index is -2.52. The molecule has 1 aliphatic carbocycles. The summed E-state index contributed by atoms with van der Waals surface area (Å²) in [5, 5.41) is 27.6. The first-order chi connectivity index (χ1) is 15.6. The van der Waals surface area contributed by atoms with Crippen LogP contribution < -0.4 is 10.6 Å². The number of rotatable bonds is 18. The van der Waals surface area contributed by atoms with Crippen molar-refractivity contribution in [1.82, 2.24) is 10.6 Å². The van der Waals surface area contributed by atoms with E-state index < -0.39 is 35.5 Å². The van der Waals surface area contributed by atoms with Crippen LogP contribution in [0.15, 0.2) is 29.5 Å². The summed E-state index contributed by atoms with van der Waals surface area (Å²) in [6.45, 7) is 10.4. The number of methoxy groups -OCH3 is 1. The van der Waals surface area contributed by atoms with Crippen LogP contribution in [0.25, 0.3) is 0 Å². The van der Waals surface area contributed by atoms with Crippen molar-refractivity contribution in [3.8, 4) is 0 Å². The van der Waals surface area contributed by atoms with Crippen LogP contribution in [-0.2, 0) is 18.9 Å². The summed E-state index contributed by atoms with van der Waals surface area (Å²) in [4.78, 5) is 0. The van der Waals surface area contributed by atoms with E-state index in [0.29, 0.717) is 43.7 Å². The summed E-state index contributed by atoms with van der Waals surface area (Å²) in [5.74, 6) is 0.465. The molecule has 0 saturated heterocycles. The maximum absolute atomic E-state index is 11.2. The minimum absolute atomic E-state index is 0.0729. The number of ether oxygens (including phenoxy) is 1. The molecule has 1 rings (SSSR count). The van der Waals surface area contributed by atoms with Crippen LogP contribution in [-0.4, -0.2) is 67.2 Å². The fourth-order valence-electron chi connectivity index (χ4n) is 2.59. The number of thioether (sulfide) groups is 1. The summed E-state index contributed by atoms with van der Waals surface area (Å²) < 4.78 is 34.1. The first-order valence-corrected chi connectivity index (χ1v) is 17.1. The summed E-state index contributed by atoms with van der Waals surface area (Å²) in [6.07, 6.45) is 4.01. The van der Waals surface area contributed by atoms with E-state index in [1.165, 1.54) is 0 Å². The third kappa shape index (κ3) is 13.0. The van der Waals surface area contributed by atoms with Gasteiger partial charge in [-0.25, -0.2) is 0 Å². The zero-order valence-corrected chi connectivity index (χ0v) is 25.8. The molecule has 0 amide bonds. The van der Waals surface area contributed by atoms with Crippen molar-refractivity contribution >= 4 is 65.7 Å². The number of hydrogen-bond acceptors (Lipinski definition) is 9.